The van der Waals surface area contributed by atoms with E-state index in [4.69, 9.17) is 0 Å². The van der Waals surface area contributed by atoms with Gasteiger partial charge in [-0.05, 0) is 28.1 Å². The summed E-state index contributed by atoms with van der Waals surface area (Å²) < 4.78 is 0.863. The molecule has 0 saturated heterocycles. The van der Waals surface area contributed by atoms with Gasteiger partial charge in [0.1, 0.15) is 9.61 Å². The summed E-state index contributed by atoms with van der Waals surface area (Å²) in [4.78, 5) is 8.95. The van der Waals surface area contributed by atoms with Gasteiger partial charge in [0.25, 0.3) is 0 Å². The quantitative estimate of drug-likeness (QED) is 0.674. The Morgan fingerprint density at radius 1 is 1.00 bits per heavy atom. The van der Waals surface area contributed by atoms with Gasteiger partial charge in [0, 0.05) is 10.8 Å². The van der Waals surface area contributed by atoms with Crippen LogP contribution in [0.4, 0.5) is 0 Å². The number of hydrogen-bond donors (Lipinski definition) is 0. The van der Waals surface area contributed by atoms with E-state index in [0.717, 1.165) is 26.2 Å². The van der Waals surface area contributed by atoms with Crippen LogP contribution in [0.25, 0.3) is 21.6 Å². The Morgan fingerprint density at radius 2 is 1.88 bits per heavy atom. The van der Waals surface area contributed by atoms with E-state index in [9.17, 15) is 0 Å². The number of benzene rings is 1. The SMILES string of the molecule is Brc1csc(-c2ccc3ccccc3n2)n1. The van der Waals surface area contributed by atoms with Gasteiger partial charge in [0.05, 0.1) is 11.2 Å². The second-order valence-corrected chi connectivity index (χ2v) is 5.04. The van der Waals surface area contributed by atoms with Crippen LogP contribution in [0.3, 0.4) is 0 Å². The first-order valence-corrected chi connectivity index (χ1v) is 6.47. The zero-order valence-corrected chi connectivity index (χ0v) is 10.6. The van der Waals surface area contributed by atoms with Crippen molar-refractivity contribution in [2.75, 3.05) is 0 Å². The predicted molar refractivity (Wildman–Crippen MR) is 70.6 cm³/mol. The lowest BCUT2D eigenvalue weighted by Gasteiger charge is -1.99. The molecule has 0 aliphatic heterocycles. The first kappa shape index (κ1) is 9.93. The Morgan fingerprint density at radius 3 is 2.69 bits per heavy atom. The summed E-state index contributed by atoms with van der Waals surface area (Å²) in [6, 6.07) is 12.2. The predicted octanol–water partition coefficient (Wildman–Crippen LogP) is 4.12. The van der Waals surface area contributed by atoms with Crippen molar-refractivity contribution in [3.05, 3.63) is 46.4 Å². The molecule has 4 heteroatoms. The van der Waals surface area contributed by atoms with E-state index in [1.54, 1.807) is 11.3 Å². The molecule has 0 N–H and O–H groups in total. The molecular weight excluding hydrogens is 284 g/mol. The van der Waals surface area contributed by atoms with E-state index in [1.807, 2.05) is 29.6 Å². The Balaban J connectivity index is 2.18. The summed E-state index contributed by atoms with van der Waals surface area (Å²) in [6.07, 6.45) is 0. The number of hydrogen-bond acceptors (Lipinski definition) is 3. The topological polar surface area (TPSA) is 25.8 Å². The average Bonchev–Trinajstić information content (AvgIpc) is 2.75. The first-order chi connectivity index (χ1) is 7.83. The number of nitrogens with zero attached hydrogens (tertiary/aromatic N) is 2. The summed E-state index contributed by atoms with van der Waals surface area (Å²) in [5.74, 6) is 0. The Bertz CT molecular complexity index is 648. The van der Waals surface area contributed by atoms with Crippen molar-refractivity contribution in [1.29, 1.82) is 0 Å². The second kappa shape index (κ2) is 3.96. The lowest BCUT2D eigenvalue weighted by Crippen LogP contribution is -1.83. The summed E-state index contributed by atoms with van der Waals surface area (Å²) in [6.45, 7) is 0. The lowest BCUT2D eigenvalue weighted by molar-refractivity contribution is 1.31. The monoisotopic (exact) mass is 290 g/mol. The molecule has 0 aliphatic rings. The first-order valence-electron chi connectivity index (χ1n) is 4.80. The molecule has 0 saturated carbocycles. The third-order valence-electron chi connectivity index (χ3n) is 2.29. The molecule has 2 aromatic heterocycles. The normalized spacial score (nSPS) is 10.8. The highest BCUT2D eigenvalue weighted by Gasteiger charge is 2.05. The molecule has 3 rings (SSSR count). The third-order valence-corrected chi connectivity index (χ3v) is 3.87. The maximum Gasteiger partial charge on any atom is 0.143 e. The summed E-state index contributed by atoms with van der Waals surface area (Å²) in [5, 5.41) is 4.06. The van der Waals surface area contributed by atoms with Gasteiger partial charge in [-0.15, -0.1) is 11.3 Å². The van der Waals surface area contributed by atoms with Gasteiger partial charge in [-0.1, -0.05) is 24.3 Å². The molecule has 0 radical (unpaired) electrons. The fourth-order valence-electron chi connectivity index (χ4n) is 1.56. The minimum absolute atomic E-state index is 0.863. The lowest BCUT2D eigenvalue weighted by atomic mass is 10.2. The summed E-state index contributed by atoms with van der Waals surface area (Å²) >= 11 is 4.94. The zero-order chi connectivity index (χ0) is 11.0. The molecule has 16 heavy (non-hydrogen) atoms. The van der Waals surface area contributed by atoms with Crippen molar-refractivity contribution in [3.63, 3.8) is 0 Å². The molecule has 2 nitrogen and oxygen atoms in total. The van der Waals surface area contributed by atoms with Crippen molar-refractivity contribution in [1.82, 2.24) is 9.97 Å². The van der Waals surface area contributed by atoms with E-state index in [-0.39, 0.29) is 0 Å². The van der Waals surface area contributed by atoms with Crippen molar-refractivity contribution >= 4 is 38.2 Å². The number of fused-ring (bicyclic) bond motifs is 1. The van der Waals surface area contributed by atoms with E-state index in [1.165, 1.54) is 0 Å². The van der Waals surface area contributed by atoms with E-state index in [0.29, 0.717) is 0 Å². The van der Waals surface area contributed by atoms with Gasteiger partial charge < -0.3 is 0 Å². The number of pyridine rings is 1. The van der Waals surface area contributed by atoms with Crippen LogP contribution in [-0.4, -0.2) is 9.97 Å². The van der Waals surface area contributed by atoms with Crippen LogP contribution < -0.4 is 0 Å². The standard InChI is InChI=1S/C12H7BrN2S/c13-11-7-16-12(15-11)10-6-5-8-3-1-2-4-9(8)14-10/h1-7H. The van der Waals surface area contributed by atoms with Crippen LogP contribution in [0.5, 0.6) is 0 Å². The number of aromatic nitrogens is 2. The third kappa shape index (κ3) is 1.74. The zero-order valence-electron chi connectivity index (χ0n) is 8.22. The Kier molecular flexibility index (Phi) is 2.46. The van der Waals surface area contributed by atoms with Crippen molar-refractivity contribution in [3.8, 4) is 10.7 Å². The molecule has 0 unspecified atom stereocenters. The van der Waals surface area contributed by atoms with E-state index < -0.39 is 0 Å². The number of rotatable bonds is 1. The smallest absolute Gasteiger partial charge is 0.143 e. The van der Waals surface area contributed by atoms with Gasteiger partial charge in [-0.25, -0.2) is 9.97 Å². The molecule has 0 bridgehead atoms. The van der Waals surface area contributed by atoms with Crippen LogP contribution in [0.15, 0.2) is 46.4 Å². The van der Waals surface area contributed by atoms with Gasteiger partial charge in [-0.2, -0.15) is 0 Å². The minimum atomic E-state index is 0.863. The van der Waals surface area contributed by atoms with Crippen molar-refractivity contribution < 1.29 is 0 Å². The fraction of sp³-hybridized carbons (Fsp3) is 0. The molecule has 2 heterocycles. The van der Waals surface area contributed by atoms with Gasteiger partial charge in [-0.3, -0.25) is 0 Å². The van der Waals surface area contributed by atoms with Gasteiger partial charge in [0.2, 0.25) is 0 Å². The minimum Gasteiger partial charge on any atom is -0.245 e. The Labute approximate surface area is 105 Å². The summed E-state index contributed by atoms with van der Waals surface area (Å²) in [7, 11) is 0. The van der Waals surface area contributed by atoms with Crippen molar-refractivity contribution in [2.24, 2.45) is 0 Å². The molecule has 0 spiro atoms. The van der Waals surface area contributed by atoms with Crippen LogP contribution in [0.1, 0.15) is 0 Å². The van der Waals surface area contributed by atoms with E-state index in [2.05, 4.69) is 38.0 Å². The molecule has 0 amide bonds. The number of thiazole rings is 1. The average molecular weight is 291 g/mol. The molecule has 0 atom stereocenters. The number of para-hydroxylation sites is 1. The highest BCUT2D eigenvalue weighted by atomic mass is 79.9. The maximum absolute atomic E-state index is 4.59. The number of halogens is 1. The van der Waals surface area contributed by atoms with Crippen molar-refractivity contribution in [2.45, 2.75) is 0 Å². The van der Waals surface area contributed by atoms with Crippen LogP contribution >= 0.6 is 27.3 Å². The van der Waals surface area contributed by atoms with Crippen LogP contribution in [-0.2, 0) is 0 Å². The largest absolute Gasteiger partial charge is 0.245 e. The summed E-state index contributed by atoms with van der Waals surface area (Å²) in [5.41, 5.74) is 1.93. The van der Waals surface area contributed by atoms with Gasteiger partial charge in [0.15, 0.2) is 0 Å². The van der Waals surface area contributed by atoms with Gasteiger partial charge >= 0.3 is 0 Å². The fourth-order valence-corrected chi connectivity index (χ4v) is 2.78. The van der Waals surface area contributed by atoms with Crippen LogP contribution in [0, 0.1) is 0 Å². The van der Waals surface area contributed by atoms with E-state index >= 15 is 0 Å². The highest BCUT2D eigenvalue weighted by molar-refractivity contribution is 9.10. The Hall–Kier alpha value is -1.26. The molecule has 0 fully saturated rings. The second-order valence-electron chi connectivity index (χ2n) is 3.36. The van der Waals surface area contributed by atoms with Crippen LogP contribution in [0.2, 0.25) is 0 Å². The molecular formula is C12H7BrN2S. The molecule has 0 aliphatic carbocycles. The molecule has 78 valence electrons. The highest BCUT2D eigenvalue weighted by Crippen LogP contribution is 2.26. The maximum atomic E-state index is 4.59. The molecule has 3 aromatic rings. The molecule has 1 aromatic carbocycles.